The summed E-state index contributed by atoms with van der Waals surface area (Å²) in [6, 6.07) is 13.6. The Hall–Kier alpha value is -1.74. The van der Waals surface area contributed by atoms with Gasteiger partial charge in [-0.05, 0) is 54.8 Å². The molecule has 0 saturated carbocycles. The van der Waals surface area contributed by atoms with Crippen molar-refractivity contribution in [2.45, 2.75) is 24.8 Å². The second kappa shape index (κ2) is 5.71. The topological polar surface area (TPSA) is 12.0 Å². The lowest BCUT2D eigenvalue weighted by molar-refractivity contribution is 0.537. The third kappa shape index (κ3) is 2.73. The molecule has 3 rings (SSSR count). The first kappa shape index (κ1) is 13.3. The van der Waals surface area contributed by atoms with Crippen molar-refractivity contribution in [1.29, 1.82) is 0 Å². The van der Waals surface area contributed by atoms with Gasteiger partial charge in [0.05, 0.1) is 0 Å². The van der Waals surface area contributed by atoms with Crippen molar-refractivity contribution < 1.29 is 8.78 Å². The third-order valence-electron chi connectivity index (χ3n) is 3.96. The first-order chi connectivity index (χ1) is 9.74. The van der Waals surface area contributed by atoms with Gasteiger partial charge in [-0.25, -0.2) is 8.78 Å². The molecule has 2 aromatic carbocycles. The van der Waals surface area contributed by atoms with E-state index in [4.69, 9.17) is 0 Å². The average molecular weight is 273 g/mol. The van der Waals surface area contributed by atoms with Crippen LogP contribution in [0.15, 0.2) is 48.5 Å². The Kier molecular flexibility index (Phi) is 3.79. The molecule has 1 aliphatic rings. The fraction of sp³-hybridized carbons (Fsp3) is 0.294. The van der Waals surface area contributed by atoms with Gasteiger partial charge in [-0.1, -0.05) is 24.3 Å². The second-order valence-corrected chi connectivity index (χ2v) is 5.28. The van der Waals surface area contributed by atoms with Gasteiger partial charge < -0.3 is 5.32 Å². The molecule has 1 saturated heterocycles. The van der Waals surface area contributed by atoms with Gasteiger partial charge in [-0.2, -0.15) is 0 Å². The molecule has 20 heavy (non-hydrogen) atoms. The maximum atomic E-state index is 13.1. The predicted octanol–water partition coefficient (Wildman–Crippen LogP) is 3.85. The summed E-state index contributed by atoms with van der Waals surface area (Å²) in [6.45, 7) is 1.00. The molecular formula is C17H17F2N. The number of benzene rings is 2. The normalized spacial score (nSPS) is 18.6. The van der Waals surface area contributed by atoms with Crippen LogP contribution in [-0.4, -0.2) is 12.6 Å². The summed E-state index contributed by atoms with van der Waals surface area (Å²) in [5.41, 5.74) is 2.13. The average Bonchev–Trinajstić information content (AvgIpc) is 2.97. The van der Waals surface area contributed by atoms with E-state index in [1.165, 1.54) is 24.3 Å². The van der Waals surface area contributed by atoms with E-state index in [-0.39, 0.29) is 17.6 Å². The van der Waals surface area contributed by atoms with E-state index in [9.17, 15) is 8.78 Å². The standard InChI is InChI=1S/C17H17F2N/c18-14-7-3-12(4-8-14)17(16-2-1-11-20-16)13-5-9-15(19)10-6-13/h3-10,16-17,20H,1-2,11H2. The lowest BCUT2D eigenvalue weighted by atomic mass is 9.84. The molecule has 104 valence electrons. The number of halogens is 2. The minimum atomic E-state index is -0.231. The Labute approximate surface area is 117 Å². The Bertz CT molecular complexity index is 511. The van der Waals surface area contributed by atoms with Crippen LogP contribution in [0.4, 0.5) is 8.78 Å². The molecule has 3 heteroatoms. The summed E-state index contributed by atoms with van der Waals surface area (Å²) in [4.78, 5) is 0. The van der Waals surface area contributed by atoms with Crippen LogP contribution < -0.4 is 5.32 Å². The van der Waals surface area contributed by atoms with E-state index >= 15 is 0 Å². The number of nitrogens with one attached hydrogen (secondary N) is 1. The SMILES string of the molecule is Fc1ccc(C(c2ccc(F)cc2)C2CCCN2)cc1. The smallest absolute Gasteiger partial charge is 0.123 e. The van der Waals surface area contributed by atoms with E-state index in [0.717, 1.165) is 30.5 Å². The summed E-state index contributed by atoms with van der Waals surface area (Å²) in [7, 11) is 0. The summed E-state index contributed by atoms with van der Waals surface area (Å²) >= 11 is 0. The van der Waals surface area contributed by atoms with E-state index in [0.29, 0.717) is 6.04 Å². The second-order valence-electron chi connectivity index (χ2n) is 5.28. The molecule has 0 amide bonds. The molecule has 0 aromatic heterocycles. The van der Waals surface area contributed by atoms with Crippen molar-refractivity contribution in [2.75, 3.05) is 6.54 Å². The van der Waals surface area contributed by atoms with Crippen LogP contribution in [0.3, 0.4) is 0 Å². The lowest BCUT2D eigenvalue weighted by Crippen LogP contribution is -2.29. The maximum Gasteiger partial charge on any atom is 0.123 e. The van der Waals surface area contributed by atoms with Gasteiger partial charge in [0.15, 0.2) is 0 Å². The molecule has 1 fully saturated rings. The van der Waals surface area contributed by atoms with Crippen LogP contribution in [0, 0.1) is 11.6 Å². The predicted molar refractivity (Wildman–Crippen MR) is 75.7 cm³/mol. The van der Waals surface area contributed by atoms with Gasteiger partial charge in [-0.3, -0.25) is 0 Å². The molecule has 0 aliphatic carbocycles. The summed E-state index contributed by atoms with van der Waals surface area (Å²) in [5.74, 6) is -0.323. The summed E-state index contributed by atoms with van der Waals surface area (Å²) in [5, 5.41) is 3.50. The van der Waals surface area contributed by atoms with Gasteiger partial charge >= 0.3 is 0 Å². The van der Waals surface area contributed by atoms with Crippen LogP contribution in [0.1, 0.15) is 29.9 Å². The molecule has 2 aromatic rings. The monoisotopic (exact) mass is 273 g/mol. The highest BCUT2D eigenvalue weighted by Gasteiger charge is 2.27. The number of hydrogen-bond donors (Lipinski definition) is 1. The van der Waals surface area contributed by atoms with Gasteiger partial charge in [0.2, 0.25) is 0 Å². The van der Waals surface area contributed by atoms with E-state index in [2.05, 4.69) is 5.32 Å². The molecule has 0 spiro atoms. The van der Waals surface area contributed by atoms with Crippen molar-refractivity contribution in [3.63, 3.8) is 0 Å². The van der Waals surface area contributed by atoms with Crippen molar-refractivity contribution in [3.05, 3.63) is 71.3 Å². The molecule has 1 N–H and O–H groups in total. The molecule has 1 unspecified atom stereocenters. The number of hydrogen-bond acceptors (Lipinski definition) is 1. The van der Waals surface area contributed by atoms with Crippen molar-refractivity contribution >= 4 is 0 Å². The van der Waals surface area contributed by atoms with Crippen LogP contribution in [-0.2, 0) is 0 Å². The molecule has 0 bridgehead atoms. The highest BCUT2D eigenvalue weighted by Crippen LogP contribution is 2.32. The van der Waals surface area contributed by atoms with Crippen molar-refractivity contribution in [3.8, 4) is 0 Å². The zero-order valence-electron chi connectivity index (χ0n) is 11.2. The van der Waals surface area contributed by atoms with Crippen LogP contribution in [0.5, 0.6) is 0 Å². The molecule has 0 radical (unpaired) electrons. The Morgan fingerprint density at radius 2 is 1.35 bits per heavy atom. The first-order valence-corrected chi connectivity index (χ1v) is 6.98. The summed E-state index contributed by atoms with van der Waals surface area (Å²) < 4.78 is 26.2. The summed E-state index contributed by atoms with van der Waals surface area (Å²) in [6.07, 6.45) is 2.23. The van der Waals surface area contributed by atoms with E-state index < -0.39 is 0 Å². The van der Waals surface area contributed by atoms with Crippen molar-refractivity contribution in [2.24, 2.45) is 0 Å². The molecule has 1 nitrogen and oxygen atoms in total. The zero-order valence-corrected chi connectivity index (χ0v) is 11.2. The van der Waals surface area contributed by atoms with E-state index in [1.54, 1.807) is 0 Å². The van der Waals surface area contributed by atoms with Gasteiger partial charge in [-0.15, -0.1) is 0 Å². The highest BCUT2D eigenvalue weighted by atomic mass is 19.1. The van der Waals surface area contributed by atoms with Crippen LogP contribution >= 0.6 is 0 Å². The fourth-order valence-corrected chi connectivity index (χ4v) is 2.99. The quantitative estimate of drug-likeness (QED) is 0.895. The lowest BCUT2D eigenvalue weighted by Gasteiger charge is -2.25. The molecular weight excluding hydrogens is 256 g/mol. The van der Waals surface area contributed by atoms with Gasteiger partial charge in [0.1, 0.15) is 11.6 Å². The molecule has 1 heterocycles. The van der Waals surface area contributed by atoms with E-state index in [1.807, 2.05) is 24.3 Å². The third-order valence-corrected chi connectivity index (χ3v) is 3.96. The van der Waals surface area contributed by atoms with Crippen LogP contribution in [0.2, 0.25) is 0 Å². The Balaban J connectivity index is 1.98. The van der Waals surface area contributed by atoms with Crippen molar-refractivity contribution in [1.82, 2.24) is 5.32 Å². The number of rotatable bonds is 3. The van der Waals surface area contributed by atoms with Gasteiger partial charge in [0.25, 0.3) is 0 Å². The highest BCUT2D eigenvalue weighted by molar-refractivity contribution is 5.35. The minimum Gasteiger partial charge on any atom is -0.313 e. The van der Waals surface area contributed by atoms with Gasteiger partial charge in [0, 0.05) is 12.0 Å². The zero-order chi connectivity index (χ0) is 13.9. The minimum absolute atomic E-state index is 0.138. The maximum absolute atomic E-state index is 13.1. The largest absolute Gasteiger partial charge is 0.313 e. The Morgan fingerprint density at radius 1 is 0.850 bits per heavy atom. The molecule has 1 aliphatic heterocycles. The fourth-order valence-electron chi connectivity index (χ4n) is 2.99. The Morgan fingerprint density at radius 3 is 1.75 bits per heavy atom. The molecule has 1 atom stereocenters. The first-order valence-electron chi connectivity index (χ1n) is 6.98. The van der Waals surface area contributed by atoms with Crippen LogP contribution in [0.25, 0.3) is 0 Å².